The second kappa shape index (κ2) is 7.58. The molecule has 3 nitrogen and oxygen atoms in total. The highest BCUT2D eigenvalue weighted by Gasteiger charge is 2.33. The van der Waals surface area contributed by atoms with Crippen LogP contribution in [0.3, 0.4) is 0 Å². The SMILES string of the molecule is COc1cc(C)c(CC(=O)NC2(C)CCC(C(C)C)CC2)c(C)c1. The van der Waals surface area contributed by atoms with Crippen LogP contribution in [0.5, 0.6) is 5.75 Å². The standard InChI is InChI=1S/C21H33NO2/c1-14(2)17-7-9-21(5,10-8-17)22-20(23)13-19-15(3)11-18(24-6)12-16(19)4/h11-12,14,17H,7-10,13H2,1-6H3,(H,22,23). The molecule has 0 bridgehead atoms. The highest BCUT2D eigenvalue weighted by atomic mass is 16.5. The molecule has 24 heavy (non-hydrogen) atoms. The van der Waals surface area contributed by atoms with E-state index in [2.05, 4.69) is 26.1 Å². The van der Waals surface area contributed by atoms with Gasteiger partial charge in [-0.05, 0) is 87.1 Å². The summed E-state index contributed by atoms with van der Waals surface area (Å²) in [7, 11) is 1.68. The van der Waals surface area contributed by atoms with E-state index in [1.807, 2.05) is 26.0 Å². The van der Waals surface area contributed by atoms with Gasteiger partial charge in [-0.1, -0.05) is 13.8 Å². The maximum atomic E-state index is 12.6. The molecule has 1 amide bonds. The monoisotopic (exact) mass is 331 g/mol. The number of methoxy groups -OCH3 is 1. The lowest BCUT2D eigenvalue weighted by Crippen LogP contribution is -2.49. The van der Waals surface area contributed by atoms with Gasteiger partial charge in [0, 0.05) is 5.54 Å². The van der Waals surface area contributed by atoms with Crippen LogP contribution in [-0.4, -0.2) is 18.6 Å². The van der Waals surface area contributed by atoms with E-state index in [1.54, 1.807) is 7.11 Å². The molecular formula is C21H33NO2. The van der Waals surface area contributed by atoms with Crippen molar-refractivity contribution < 1.29 is 9.53 Å². The molecule has 1 aliphatic carbocycles. The van der Waals surface area contributed by atoms with Crippen molar-refractivity contribution in [3.8, 4) is 5.75 Å². The van der Waals surface area contributed by atoms with Crippen LogP contribution < -0.4 is 10.1 Å². The molecule has 0 saturated heterocycles. The lowest BCUT2D eigenvalue weighted by atomic mass is 9.73. The quantitative estimate of drug-likeness (QED) is 0.858. The van der Waals surface area contributed by atoms with Gasteiger partial charge < -0.3 is 10.1 Å². The maximum Gasteiger partial charge on any atom is 0.224 e. The molecule has 1 N–H and O–H groups in total. The van der Waals surface area contributed by atoms with Gasteiger partial charge in [-0.3, -0.25) is 4.79 Å². The number of carbonyl (C=O) groups is 1. The Kier molecular flexibility index (Phi) is 5.95. The van der Waals surface area contributed by atoms with Crippen LogP contribution in [0, 0.1) is 25.7 Å². The molecule has 1 aromatic rings. The molecule has 0 unspecified atom stereocenters. The number of ether oxygens (including phenoxy) is 1. The summed E-state index contributed by atoms with van der Waals surface area (Å²) in [6, 6.07) is 4.01. The van der Waals surface area contributed by atoms with E-state index in [4.69, 9.17) is 4.74 Å². The minimum Gasteiger partial charge on any atom is -0.497 e. The Labute approximate surface area is 147 Å². The van der Waals surface area contributed by atoms with Gasteiger partial charge in [0.1, 0.15) is 5.75 Å². The highest BCUT2D eigenvalue weighted by molar-refractivity contribution is 5.80. The van der Waals surface area contributed by atoms with Gasteiger partial charge in [0.2, 0.25) is 5.91 Å². The molecule has 0 spiro atoms. The molecule has 1 aromatic carbocycles. The molecule has 0 radical (unpaired) electrons. The van der Waals surface area contributed by atoms with Gasteiger partial charge in [0.25, 0.3) is 0 Å². The zero-order valence-electron chi connectivity index (χ0n) is 16.2. The first kappa shape index (κ1) is 18.8. The fourth-order valence-corrected chi connectivity index (χ4v) is 3.96. The van der Waals surface area contributed by atoms with Gasteiger partial charge in [0.15, 0.2) is 0 Å². The normalized spacial score (nSPS) is 24.0. The first-order valence-electron chi connectivity index (χ1n) is 9.19. The van der Waals surface area contributed by atoms with Crippen molar-refractivity contribution in [2.45, 2.75) is 72.3 Å². The largest absolute Gasteiger partial charge is 0.497 e. The Hall–Kier alpha value is -1.51. The number of aryl methyl sites for hydroxylation is 2. The molecule has 0 aliphatic heterocycles. The number of carbonyl (C=O) groups excluding carboxylic acids is 1. The van der Waals surface area contributed by atoms with Crippen molar-refractivity contribution in [1.82, 2.24) is 5.32 Å². The van der Waals surface area contributed by atoms with Crippen LogP contribution in [0.4, 0.5) is 0 Å². The smallest absolute Gasteiger partial charge is 0.224 e. The average molecular weight is 332 g/mol. The van der Waals surface area contributed by atoms with Crippen LogP contribution in [0.1, 0.15) is 63.1 Å². The first-order valence-corrected chi connectivity index (χ1v) is 9.19. The van der Waals surface area contributed by atoms with E-state index in [0.717, 1.165) is 47.1 Å². The minimum absolute atomic E-state index is 0.0449. The Bertz CT molecular complexity index is 560. The maximum absolute atomic E-state index is 12.6. The molecular weight excluding hydrogens is 298 g/mol. The molecule has 0 aromatic heterocycles. The number of hydrogen-bond donors (Lipinski definition) is 1. The average Bonchev–Trinajstić information content (AvgIpc) is 2.50. The molecule has 2 rings (SSSR count). The summed E-state index contributed by atoms with van der Waals surface area (Å²) in [6.07, 6.45) is 5.05. The molecule has 1 fully saturated rings. The lowest BCUT2D eigenvalue weighted by Gasteiger charge is -2.39. The molecule has 1 saturated carbocycles. The summed E-state index contributed by atoms with van der Waals surface area (Å²) < 4.78 is 5.30. The van der Waals surface area contributed by atoms with Crippen LogP contribution in [0.25, 0.3) is 0 Å². The predicted molar refractivity (Wildman–Crippen MR) is 99.5 cm³/mol. The van der Waals surface area contributed by atoms with Gasteiger partial charge in [-0.25, -0.2) is 0 Å². The van der Waals surface area contributed by atoms with Crippen molar-refractivity contribution in [3.63, 3.8) is 0 Å². The highest BCUT2D eigenvalue weighted by Crippen LogP contribution is 2.35. The topological polar surface area (TPSA) is 38.3 Å². The zero-order valence-corrected chi connectivity index (χ0v) is 16.2. The van der Waals surface area contributed by atoms with E-state index in [1.165, 1.54) is 12.8 Å². The Balaban J connectivity index is 1.99. The number of nitrogens with one attached hydrogen (secondary N) is 1. The predicted octanol–water partition coefficient (Wildman–Crippen LogP) is 4.58. The van der Waals surface area contributed by atoms with Crippen molar-refractivity contribution in [2.75, 3.05) is 7.11 Å². The number of benzene rings is 1. The summed E-state index contributed by atoms with van der Waals surface area (Å²) in [5.41, 5.74) is 3.32. The van der Waals surface area contributed by atoms with Gasteiger partial charge in [-0.2, -0.15) is 0 Å². The summed E-state index contributed by atoms with van der Waals surface area (Å²) in [5, 5.41) is 3.32. The van der Waals surface area contributed by atoms with E-state index in [-0.39, 0.29) is 11.4 Å². The third-order valence-electron chi connectivity index (χ3n) is 5.76. The van der Waals surface area contributed by atoms with Crippen molar-refractivity contribution in [2.24, 2.45) is 11.8 Å². The van der Waals surface area contributed by atoms with Crippen LogP contribution in [-0.2, 0) is 11.2 Å². The third kappa shape index (κ3) is 4.52. The van der Waals surface area contributed by atoms with Crippen LogP contribution >= 0.6 is 0 Å². The number of hydrogen-bond acceptors (Lipinski definition) is 2. The number of rotatable bonds is 5. The second-order valence-corrected chi connectivity index (χ2v) is 8.11. The van der Waals surface area contributed by atoms with Gasteiger partial charge in [-0.15, -0.1) is 0 Å². The molecule has 1 aliphatic rings. The fraction of sp³-hybridized carbons (Fsp3) is 0.667. The minimum atomic E-state index is -0.0449. The molecule has 0 heterocycles. The molecule has 134 valence electrons. The van der Waals surface area contributed by atoms with E-state index in [9.17, 15) is 4.79 Å². The lowest BCUT2D eigenvalue weighted by molar-refractivity contribution is -0.122. The third-order valence-corrected chi connectivity index (χ3v) is 5.76. The van der Waals surface area contributed by atoms with Crippen LogP contribution in [0.2, 0.25) is 0 Å². The van der Waals surface area contributed by atoms with Crippen molar-refractivity contribution in [1.29, 1.82) is 0 Å². The van der Waals surface area contributed by atoms with E-state index in [0.29, 0.717) is 6.42 Å². The van der Waals surface area contributed by atoms with Crippen molar-refractivity contribution >= 4 is 5.91 Å². The Morgan fingerprint density at radius 1 is 1.25 bits per heavy atom. The summed E-state index contributed by atoms with van der Waals surface area (Å²) in [4.78, 5) is 12.6. The van der Waals surface area contributed by atoms with Gasteiger partial charge in [0.05, 0.1) is 13.5 Å². The van der Waals surface area contributed by atoms with Crippen molar-refractivity contribution in [3.05, 3.63) is 28.8 Å². The number of amides is 1. The second-order valence-electron chi connectivity index (χ2n) is 8.11. The van der Waals surface area contributed by atoms with E-state index < -0.39 is 0 Å². The Morgan fingerprint density at radius 2 is 1.79 bits per heavy atom. The van der Waals surface area contributed by atoms with E-state index >= 15 is 0 Å². The first-order chi connectivity index (χ1) is 11.2. The Morgan fingerprint density at radius 3 is 2.25 bits per heavy atom. The molecule has 3 heteroatoms. The van der Waals surface area contributed by atoms with Gasteiger partial charge >= 0.3 is 0 Å². The summed E-state index contributed by atoms with van der Waals surface area (Å²) >= 11 is 0. The fourth-order valence-electron chi connectivity index (χ4n) is 3.96. The molecule has 0 atom stereocenters. The summed E-state index contributed by atoms with van der Waals surface area (Å²) in [5.74, 6) is 2.54. The van der Waals surface area contributed by atoms with Crippen LogP contribution in [0.15, 0.2) is 12.1 Å². The summed E-state index contributed by atoms with van der Waals surface area (Å²) in [6.45, 7) is 10.9. The zero-order chi connectivity index (χ0) is 17.9.